The molecule has 0 aliphatic rings. The molecule has 0 aliphatic carbocycles. The maximum atomic E-state index is 8.44. The number of hydrogen-bond donors (Lipinski definition) is 0. The first-order chi connectivity index (χ1) is 1.73. The fourth-order valence-corrected chi connectivity index (χ4v) is 0. The Kier molecular flexibility index (Phi) is 51.8. The van der Waals surface area contributed by atoms with Gasteiger partial charge in [0.25, 0.3) is 0 Å². The molecule has 0 rings (SSSR count). The van der Waals surface area contributed by atoms with Crippen LogP contribution in [0.15, 0.2) is 0 Å². The maximum Gasteiger partial charge on any atom is 1.00 e. The van der Waals surface area contributed by atoms with E-state index < -0.39 is 11.4 Å². The quantitative estimate of drug-likeness (QED) is 0.265. The van der Waals surface area contributed by atoms with Gasteiger partial charge in [-0.2, -0.15) is 0 Å². The largest absolute Gasteiger partial charge is 1.00 e. The van der Waals surface area contributed by atoms with E-state index in [1.165, 1.54) is 0 Å². The van der Waals surface area contributed by atoms with E-state index in [1.54, 1.807) is 0 Å². The number of rotatable bonds is 0. The molecule has 0 aromatic carbocycles. The van der Waals surface area contributed by atoms with E-state index in [1.807, 2.05) is 0 Å². The average molecular weight is 166 g/mol. The van der Waals surface area contributed by atoms with Crippen molar-refractivity contribution in [2.45, 2.75) is 0 Å². The first kappa shape index (κ1) is 22.4. The third kappa shape index (κ3) is 45.2. The average Bonchev–Trinajstić information content (AvgIpc) is 0.811. The van der Waals surface area contributed by atoms with Gasteiger partial charge in [-0.1, -0.05) is 0 Å². The molecule has 0 saturated carbocycles. The van der Waals surface area contributed by atoms with Crippen LogP contribution in [0.3, 0.4) is 0 Å². The van der Waals surface area contributed by atoms with Crippen molar-refractivity contribution in [3.05, 3.63) is 0 Å². The summed E-state index contributed by atoms with van der Waals surface area (Å²) < 4.78 is 25.3. The fourth-order valence-electron chi connectivity index (χ4n) is 0. The Morgan fingerprint density at radius 2 is 1.14 bits per heavy atom. The van der Waals surface area contributed by atoms with Crippen LogP contribution < -0.4 is 59.1 Å². The zero-order valence-electron chi connectivity index (χ0n) is 3.99. The third-order valence-electron chi connectivity index (χ3n) is 0. The van der Waals surface area contributed by atoms with Crippen LogP contribution in [0.1, 0.15) is 0 Å². The van der Waals surface area contributed by atoms with Crippen LogP contribution in [-0.2, 0) is 11.4 Å². The van der Waals surface area contributed by atoms with Crippen molar-refractivity contribution in [1.29, 1.82) is 0 Å². The molecule has 0 fully saturated rings. The Bertz CT molecular complexity index is 35.9. The van der Waals surface area contributed by atoms with Crippen LogP contribution in [0, 0.1) is 37.7 Å². The van der Waals surface area contributed by atoms with Gasteiger partial charge in [0.1, 0.15) is 0 Å². The molecule has 0 atom stereocenters. The molecule has 0 aromatic rings. The van der Waals surface area contributed by atoms with Crippen molar-refractivity contribution in [3.63, 3.8) is 0 Å². The van der Waals surface area contributed by atoms with Gasteiger partial charge < -0.3 is 9.11 Å². The van der Waals surface area contributed by atoms with Gasteiger partial charge in [-0.3, -0.25) is 4.21 Å². The summed E-state index contributed by atoms with van der Waals surface area (Å²) >= 11 is -3.11. The molecule has 0 aromatic heterocycles. The minimum Gasteiger partial charge on any atom is -0.784 e. The van der Waals surface area contributed by atoms with Crippen LogP contribution in [0.2, 0.25) is 0 Å². The van der Waals surface area contributed by atoms with Crippen LogP contribution in [0.4, 0.5) is 0 Å². The van der Waals surface area contributed by atoms with Crippen LogP contribution in [0.5, 0.6) is 0 Å². The SMILES string of the molecule is O=S([O-])[O-].[Ar].[Na+].[Na+]. The maximum absolute atomic E-state index is 8.44. The second kappa shape index (κ2) is 16.2. The molecule has 0 saturated heterocycles. The molecule has 0 spiro atoms. The van der Waals surface area contributed by atoms with E-state index in [4.69, 9.17) is 13.3 Å². The van der Waals surface area contributed by atoms with Gasteiger partial charge in [-0.15, -0.1) is 11.4 Å². The smallest absolute Gasteiger partial charge is 0.784 e. The minimum absolute atomic E-state index is 0. The summed E-state index contributed by atoms with van der Waals surface area (Å²) in [4.78, 5) is 0. The van der Waals surface area contributed by atoms with Gasteiger partial charge in [-0.05, 0) is 0 Å². The zero-order valence-corrected chi connectivity index (χ0v) is 9.51. The summed E-state index contributed by atoms with van der Waals surface area (Å²) in [6, 6.07) is 0. The van der Waals surface area contributed by atoms with Crippen molar-refractivity contribution in [3.8, 4) is 0 Å². The van der Waals surface area contributed by atoms with Gasteiger partial charge in [-0.25, -0.2) is 0 Å². The molecule has 0 unspecified atom stereocenters. The van der Waals surface area contributed by atoms with E-state index in [-0.39, 0.29) is 96.9 Å². The first-order valence-corrected chi connectivity index (χ1v) is 1.50. The van der Waals surface area contributed by atoms with E-state index in [0.717, 1.165) is 0 Å². The van der Waals surface area contributed by atoms with Gasteiger partial charge in [0.2, 0.25) is 0 Å². The molecule has 7 heavy (non-hydrogen) atoms. The molecule has 0 amide bonds. The van der Waals surface area contributed by atoms with E-state index in [2.05, 4.69) is 0 Å². The molecule has 0 N–H and O–H groups in total. The van der Waals surface area contributed by atoms with E-state index in [0.29, 0.717) is 0 Å². The molecule has 0 heterocycles. The molecule has 3 nitrogen and oxygen atoms in total. The van der Waals surface area contributed by atoms with Crippen LogP contribution in [0.25, 0.3) is 0 Å². The van der Waals surface area contributed by atoms with E-state index >= 15 is 0 Å². The van der Waals surface area contributed by atoms with Crippen molar-refractivity contribution < 1.29 is 110 Å². The second-order valence-corrected chi connectivity index (χ2v) is 0.612. The van der Waals surface area contributed by atoms with Crippen molar-refractivity contribution in [2.75, 3.05) is 0 Å². The van der Waals surface area contributed by atoms with E-state index in [9.17, 15) is 0 Å². The number of hydrogen-bond acceptors (Lipinski definition) is 3. The molecule has 7 heteroatoms. The predicted octanol–water partition coefficient (Wildman–Crippen LogP) is -7.00. The fraction of sp³-hybridized carbons (Fsp3) is 0. The third-order valence-corrected chi connectivity index (χ3v) is 0. The summed E-state index contributed by atoms with van der Waals surface area (Å²) in [6.45, 7) is 0. The standard InChI is InChI=1S/Ar.2Na.H2O3S/c;;;1-4(2)3/h;;;(H2,1,2,3)/q;2*+1;/p-2. The zero-order chi connectivity index (χ0) is 3.58. The van der Waals surface area contributed by atoms with Gasteiger partial charge in [0, 0.05) is 37.7 Å². The molecule has 0 radical (unpaired) electrons. The van der Waals surface area contributed by atoms with Crippen molar-refractivity contribution >= 4 is 11.4 Å². The normalized spacial score (nSPS) is 5.00. The second-order valence-electron chi connectivity index (χ2n) is 0.204. The Morgan fingerprint density at radius 1 is 1.14 bits per heavy atom. The monoisotopic (exact) mass is 166 g/mol. The summed E-state index contributed by atoms with van der Waals surface area (Å²) in [5.74, 6) is 0. The topological polar surface area (TPSA) is 63.2 Å². The molecule has 0 aliphatic heterocycles. The first-order valence-electron chi connectivity index (χ1n) is 0.500. The van der Waals surface area contributed by atoms with Crippen LogP contribution >= 0.6 is 0 Å². The van der Waals surface area contributed by atoms with Gasteiger partial charge in [0.15, 0.2) is 0 Å². The molecule has 34 valence electrons. The summed E-state index contributed by atoms with van der Waals surface area (Å²) in [5, 5.41) is 0. The Labute approximate surface area is 119 Å². The molecule has 0 bridgehead atoms. The van der Waals surface area contributed by atoms with Gasteiger partial charge >= 0.3 is 59.1 Å². The van der Waals surface area contributed by atoms with Crippen molar-refractivity contribution in [2.24, 2.45) is 0 Å². The molecular weight excluding hydrogens is 166 g/mol. The Morgan fingerprint density at radius 3 is 1.14 bits per heavy atom. The summed E-state index contributed by atoms with van der Waals surface area (Å²) in [6.07, 6.45) is 0. The van der Waals surface area contributed by atoms with Crippen molar-refractivity contribution in [1.82, 2.24) is 0 Å². The van der Waals surface area contributed by atoms with Gasteiger partial charge in [0.05, 0.1) is 0 Å². The minimum atomic E-state index is -3.11. The summed E-state index contributed by atoms with van der Waals surface area (Å²) in [7, 11) is 0. The molecular formula is ArNa2O3S. The predicted molar refractivity (Wildman–Crippen MR) is 9.70 cm³/mol. The Hall–Kier alpha value is 3.33. The van der Waals surface area contributed by atoms with Crippen LogP contribution in [-0.4, -0.2) is 13.3 Å². The summed E-state index contributed by atoms with van der Waals surface area (Å²) in [5.41, 5.74) is 0. The Balaban J connectivity index is -0.0000000150.